The Morgan fingerprint density at radius 1 is 1.20 bits per heavy atom. The molecule has 0 unspecified atom stereocenters. The van der Waals surface area contributed by atoms with Crippen molar-refractivity contribution in [2.45, 2.75) is 58.1 Å². The van der Waals surface area contributed by atoms with Crippen molar-refractivity contribution in [1.29, 1.82) is 0 Å². The van der Waals surface area contributed by atoms with Crippen LogP contribution in [-0.4, -0.2) is 44.1 Å². The van der Waals surface area contributed by atoms with Gasteiger partial charge in [0.1, 0.15) is 17.6 Å². The first-order valence-corrected chi connectivity index (χ1v) is 11.8. The van der Waals surface area contributed by atoms with Crippen LogP contribution in [0, 0.1) is 12.5 Å². The SMILES string of the molecule is [C-]#[N+]c1ccccc1-n1cc(-c2ncncc2OCC2CCC(NC(=O)OC(C)(C)C)CC2)cn1. The third-order valence-electron chi connectivity index (χ3n) is 5.83. The Bertz CT molecular complexity index is 1200. The number of para-hydroxylation sites is 2. The summed E-state index contributed by atoms with van der Waals surface area (Å²) in [7, 11) is 0. The van der Waals surface area contributed by atoms with Crippen LogP contribution in [0.5, 0.6) is 5.75 Å². The predicted octanol–water partition coefficient (Wildman–Crippen LogP) is 5.34. The number of nitrogens with zero attached hydrogens (tertiary/aromatic N) is 5. The Balaban J connectivity index is 1.35. The molecule has 2 heterocycles. The van der Waals surface area contributed by atoms with E-state index in [1.807, 2.05) is 45.2 Å². The lowest BCUT2D eigenvalue weighted by Crippen LogP contribution is -2.41. The van der Waals surface area contributed by atoms with Gasteiger partial charge < -0.3 is 14.8 Å². The highest BCUT2D eigenvalue weighted by molar-refractivity contribution is 5.68. The van der Waals surface area contributed by atoms with Gasteiger partial charge in [0, 0.05) is 17.8 Å². The van der Waals surface area contributed by atoms with Gasteiger partial charge in [-0.15, -0.1) is 0 Å². The van der Waals surface area contributed by atoms with E-state index in [0.717, 1.165) is 31.2 Å². The molecule has 0 atom stereocenters. The molecular weight excluding hydrogens is 444 g/mol. The van der Waals surface area contributed by atoms with Gasteiger partial charge in [-0.05, 0) is 58.4 Å². The van der Waals surface area contributed by atoms with Crippen molar-refractivity contribution in [3.8, 4) is 22.7 Å². The van der Waals surface area contributed by atoms with Gasteiger partial charge in [0.15, 0.2) is 5.75 Å². The average molecular weight is 475 g/mol. The summed E-state index contributed by atoms with van der Waals surface area (Å²) in [4.78, 5) is 24.2. The molecule has 182 valence electrons. The number of benzene rings is 1. The topological polar surface area (TPSA) is 95.5 Å². The zero-order chi connectivity index (χ0) is 24.8. The second-order valence-electron chi connectivity index (χ2n) is 9.68. The van der Waals surface area contributed by atoms with E-state index in [4.69, 9.17) is 16.0 Å². The lowest BCUT2D eigenvalue weighted by molar-refractivity contribution is 0.0483. The Labute approximate surface area is 205 Å². The quantitative estimate of drug-likeness (QED) is 0.485. The summed E-state index contributed by atoms with van der Waals surface area (Å²) < 4.78 is 13.2. The number of carbonyl (C=O) groups excluding carboxylic acids is 1. The third kappa shape index (κ3) is 6.35. The van der Waals surface area contributed by atoms with Gasteiger partial charge in [0.05, 0.1) is 31.3 Å². The fraction of sp³-hybridized carbons (Fsp3) is 0.423. The van der Waals surface area contributed by atoms with Crippen molar-refractivity contribution in [1.82, 2.24) is 25.1 Å². The molecule has 1 fully saturated rings. The molecule has 4 rings (SSSR count). The van der Waals surface area contributed by atoms with Crippen LogP contribution < -0.4 is 10.1 Å². The first-order valence-electron chi connectivity index (χ1n) is 11.8. The maximum atomic E-state index is 12.0. The molecule has 9 nitrogen and oxygen atoms in total. The first kappa shape index (κ1) is 24.2. The van der Waals surface area contributed by atoms with E-state index >= 15 is 0 Å². The van der Waals surface area contributed by atoms with E-state index in [1.165, 1.54) is 6.33 Å². The van der Waals surface area contributed by atoms with Gasteiger partial charge >= 0.3 is 6.09 Å². The van der Waals surface area contributed by atoms with Crippen LogP contribution in [0.2, 0.25) is 0 Å². The number of alkyl carbamates (subject to hydrolysis) is 1. The highest BCUT2D eigenvalue weighted by Crippen LogP contribution is 2.31. The van der Waals surface area contributed by atoms with E-state index in [0.29, 0.717) is 35.3 Å². The van der Waals surface area contributed by atoms with E-state index in [1.54, 1.807) is 23.1 Å². The maximum Gasteiger partial charge on any atom is 0.407 e. The predicted molar refractivity (Wildman–Crippen MR) is 131 cm³/mol. The zero-order valence-corrected chi connectivity index (χ0v) is 20.3. The summed E-state index contributed by atoms with van der Waals surface area (Å²) in [6.45, 7) is 13.5. The van der Waals surface area contributed by atoms with Crippen molar-refractivity contribution in [2.24, 2.45) is 5.92 Å². The standard InChI is InChI=1S/C26H30N6O3/c1-26(2,3)35-25(33)31-20-11-9-18(10-12-20)16-34-23-14-28-17-29-24(23)19-13-30-32(15-19)22-8-6-5-7-21(22)27-4/h5-8,13-15,17-18,20H,9-12,16H2,1-3H3,(H,31,33). The molecule has 1 aliphatic carbocycles. The second kappa shape index (κ2) is 10.6. The molecule has 0 spiro atoms. The van der Waals surface area contributed by atoms with E-state index in [2.05, 4.69) is 25.2 Å². The van der Waals surface area contributed by atoms with Crippen LogP contribution in [0.1, 0.15) is 46.5 Å². The summed E-state index contributed by atoms with van der Waals surface area (Å²) in [5.41, 5.74) is 2.18. The minimum atomic E-state index is -0.499. The summed E-state index contributed by atoms with van der Waals surface area (Å²) in [6, 6.07) is 7.46. The molecule has 0 bridgehead atoms. The van der Waals surface area contributed by atoms with Crippen molar-refractivity contribution in [3.63, 3.8) is 0 Å². The molecule has 9 heteroatoms. The zero-order valence-electron chi connectivity index (χ0n) is 20.3. The first-order chi connectivity index (χ1) is 16.8. The minimum Gasteiger partial charge on any atom is -0.489 e. The van der Waals surface area contributed by atoms with E-state index in [9.17, 15) is 4.79 Å². The molecule has 1 amide bonds. The number of carbonyl (C=O) groups is 1. The fourth-order valence-corrected chi connectivity index (χ4v) is 4.12. The fourth-order valence-electron chi connectivity index (χ4n) is 4.12. The Kier molecular flexibility index (Phi) is 7.30. The summed E-state index contributed by atoms with van der Waals surface area (Å²) in [5.74, 6) is 0.979. The van der Waals surface area contributed by atoms with Gasteiger partial charge in [-0.3, -0.25) is 4.68 Å². The van der Waals surface area contributed by atoms with Crippen LogP contribution in [0.15, 0.2) is 49.2 Å². The number of nitrogens with one attached hydrogen (secondary N) is 1. The van der Waals surface area contributed by atoms with Crippen molar-refractivity contribution < 1.29 is 14.3 Å². The highest BCUT2D eigenvalue weighted by atomic mass is 16.6. The largest absolute Gasteiger partial charge is 0.489 e. The Morgan fingerprint density at radius 2 is 1.97 bits per heavy atom. The minimum absolute atomic E-state index is 0.126. The van der Waals surface area contributed by atoms with Crippen molar-refractivity contribution in [3.05, 3.63) is 60.6 Å². The molecule has 0 radical (unpaired) electrons. The molecular formula is C26H30N6O3. The Hall–Kier alpha value is -3.93. The van der Waals surface area contributed by atoms with Gasteiger partial charge in [-0.1, -0.05) is 18.2 Å². The van der Waals surface area contributed by atoms with Crippen LogP contribution in [0.3, 0.4) is 0 Å². The molecule has 0 aliphatic heterocycles. The van der Waals surface area contributed by atoms with Crippen molar-refractivity contribution >= 4 is 11.8 Å². The van der Waals surface area contributed by atoms with Gasteiger partial charge in [0.2, 0.25) is 5.69 Å². The van der Waals surface area contributed by atoms with Crippen LogP contribution in [0.25, 0.3) is 21.8 Å². The highest BCUT2D eigenvalue weighted by Gasteiger charge is 2.25. The molecule has 1 N–H and O–H groups in total. The summed E-state index contributed by atoms with van der Waals surface area (Å²) >= 11 is 0. The lowest BCUT2D eigenvalue weighted by Gasteiger charge is -2.30. The summed E-state index contributed by atoms with van der Waals surface area (Å²) in [5, 5.41) is 7.40. The van der Waals surface area contributed by atoms with Crippen LogP contribution >= 0.6 is 0 Å². The molecule has 1 saturated carbocycles. The molecule has 3 aromatic rings. The van der Waals surface area contributed by atoms with Gasteiger partial charge in [-0.25, -0.2) is 19.6 Å². The van der Waals surface area contributed by atoms with E-state index < -0.39 is 5.60 Å². The number of rotatable bonds is 6. The maximum absolute atomic E-state index is 12.0. The molecule has 1 aromatic carbocycles. The molecule has 1 aliphatic rings. The molecule has 35 heavy (non-hydrogen) atoms. The lowest BCUT2D eigenvalue weighted by atomic mass is 9.86. The second-order valence-corrected chi connectivity index (χ2v) is 9.68. The van der Waals surface area contributed by atoms with Gasteiger partial charge in [-0.2, -0.15) is 5.10 Å². The Morgan fingerprint density at radius 3 is 2.71 bits per heavy atom. The van der Waals surface area contributed by atoms with Crippen LogP contribution in [0.4, 0.5) is 10.5 Å². The number of hydrogen-bond acceptors (Lipinski definition) is 6. The monoisotopic (exact) mass is 474 g/mol. The molecule has 0 saturated heterocycles. The van der Waals surface area contributed by atoms with Crippen LogP contribution in [-0.2, 0) is 4.74 Å². The normalized spacial score (nSPS) is 17.9. The summed E-state index contributed by atoms with van der Waals surface area (Å²) in [6.07, 6.45) is 10.0. The average Bonchev–Trinajstić information content (AvgIpc) is 3.32. The molecule has 2 aromatic heterocycles. The number of amides is 1. The smallest absolute Gasteiger partial charge is 0.407 e. The van der Waals surface area contributed by atoms with Gasteiger partial charge in [0.25, 0.3) is 0 Å². The van der Waals surface area contributed by atoms with Crippen molar-refractivity contribution in [2.75, 3.05) is 6.61 Å². The number of aromatic nitrogens is 4. The number of ether oxygens (including phenoxy) is 2. The third-order valence-corrected chi connectivity index (χ3v) is 5.83. The number of hydrogen-bond donors (Lipinski definition) is 1. The van der Waals surface area contributed by atoms with E-state index in [-0.39, 0.29) is 12.1 Å².